The first-order valence-corrected chi connectivity index (χ1v) is 21.7. The van der Waals surface area contributed by atoms with Gasteiger partial charge in [0, 0.05) is 106 Å². The molecule has 0 saturated heterocycles. The molecule has 0 aromatic carbocycles. The number of nitrogens with one attached hydrogen (secondary N) is 4. The molecular weight excluding hydrogens is 912 g/mol. The molecule has 13 N–H and O–H groups in total. The Hall–Kier alpha value is -6.89. The lowest BCUT2D eigenvalue weighted by Crippen LogP contribution is -2.54. The molecule has 68 heavy (non-hydrogen) atoms. The number of carbonyl (C=O) groups is 13. The minimum absolute atomic E-state index is 0.410. The SMILES string of the molecule is CC(=O)NC(CCC(=O)NC(CCC(=O)O)(CCC(=O)O)CCC(=O)O)(CCC(=O)NC(CCC(=O)O)(CCC(=O)O)CCC(=O)O)CCC(=O)NC(CCC(=O)O)(CCC(=O)O)CCC(=O)O. The van der Waals surface area contributed by atoms with Crippen molar-refractivity contribution >= 4 is 77.4 Å². The molecule has 0 fully saturated rings. The quantitative estimate of drug-likeness (QED) is 0.0414. The van der Waals surface area contributed by atoms with Crippen LogP contribution in [0.2, 0.25) is 0 Å². The van der Waals surface area contributed by atoms with E-state index in [1.807, 2.05) is 0 Å². The molecule has 384 valence electrons. The summed E-state index contributed by atoms with van der Waals surface area (Å²) >= 11 is 0. The first-order chi connectivity index (χ1) is 31.5. The van der Waals surface area contributed by atoms with E-state index in [1.165, 1.54) is 0 Å². The van der Waals surface area contributed by atoms with Gasteiger partial charge in [-0.15, -0.1) is 0 Å². The molecule has 0 aromatic heterocycles. The van der Waals surface area contributed by atoms with Crippen LogP contribution >= 0.6 is 0 Å². The Balaban J connectivity index is 7.38. The predicted molar refractivity (Wildman–Crippen MR) is 229 cm³/mol. The standard InChI is InChI=1S/C42H64N4O22/c1-26(47)43-39(14-2-27(48)44-40(17-5-30(51)52,18-6-31(53)54)19-7-32(55)56,15-3-28(49)45-41(20-8-33(57)58,21-9-34(59)60)22-10-35(61)62)16-4-29(50)46-42(23-11-36(63)64,24-12-37(65)66)25-13-38(67)68/h2-25H2,1H3,(H,43,47)(H,44,48)(H,45,49)(H,46,50)(H,51,52)(H,53,54)(H,55,56)(H,57,58)(H,59,60)(H,61,62)(H,63,64)(H,65,66)(H,67,68). The fraction of sp³-hybridized carbons (Fsp3) is 0.690. The van der Waals surface area contributed by atoms with E-state index in [-0.39, 0.29) is 0 Å². The summed E-state index contributed by atoms with van der Waals surface area (Å²) in [6, 6.07) is 0. The fourth-order valence-electron chi connectivity index (χ4n) is 7.87. The van der Waals surface area contributed by atoms with Crippen molar-refractivity contribution in [3.05, 3.63) is 0 Å². The molecule has 0 aliphatic rings. The molecule has 0 aromatic rings. The molecule has 0 spiro atoms. The van der Waals surface area contributed by atoms with Gasteiger partial charge >= 0.3 is 53.7 Å². The van der Waals surface area contributed by atoms with Gasteiger partial charge in [-0.2, -0.15) is 0 Å². The monoisotopic (exact) mass is 976 g/mol. The van der Waals surface area contributed by atoms with Gasteiger partial charge in [0.05, 0.1) is 0 Å². The van der Waals surface area contributed by atoms with Crippen LogP contribution in [0.1, 0.15) is 161 Å². The van der Waals surface area contributed by atoms with Crippen molar-refractivity contribution in [1.82, 2.24) is 21.3 Å². The number of hydrogen-bond acceptors (Lipinski definition) is 13. The maximum absolute atomic E-state index is 13.8. The van der Waals surface area contributed by atoms with Crippen LogP contribution in [-0.2, 0) is 62.3 Å². The van der Waals surface area contributed by atoms with Gasteiger partial charge < -0.3 is 67.2 Å². The van der Waals surface area contributed by atoms with E-state index in [0.717, 1.165) is 6.92 Å². The zero-order valence-corrected chi connectivity index (χ0v) is 37.8. The van der Waals surface area contributed by atoms with E-state index < -0.39 is 254 Å². The minimum atomic E-state index is -1.78. The first-order valence-electron chi connectivity index (χ1n) is 21.7. The lowest BCUT2D eigenvalue weighted by atomic mass is 9.80. The van der Waals surface area contributed by atoms with Gasteiger partial charge in [-0.25, -0.2) is 0 Å². The van der Waals surface area contributed by atoms with Crippen molar-refractivity contribution in [2.24, 2.45) is 0 Å². The van der Waals surface area contributed by atoms with E-state index in [1.54, 1.807) is 0 Å². The van der Waals surface area contributed by atoms with Gasteiger partial charge in [0.1, 0.15) is 0 Å². The predicted octanol–water partition coefficient (Wildman–Crippen LogP) is 1.55. The van der Waals surface area contributed by atoms with Crippen LogP contribution in [-0.4, -0.2) is 145 Å². The maximum Gasteiger partial charge on any atom is 0.303 e. The van der Waals surface area contributed by atoms with E-state index in [4.69, 9.17) is 0 Å². The molecule has 0 bridgehead atoms. The van der Waals surface area contributed by atoms with Crippen LogP contribution in [0.25, 0.3) is 0 Å². The number of hydrogen-bond donors (Lipinski definition) is 13. The molecule has 0 saturated carbocycles. The Kier molecular flexibility index (Phi) is 26.7. The highest BCUT2D eigenvalue weighted by Crippen LogP contribution is 2.32. The third kappa shape index (κ3) is 27.6. The third-order valence-electron chi connectivity index (χ3n) is 11.5. The Morgan fingerprint density at radius 2 is 0.382 bits per heavy atom. The highest BCUT2D eigenvalue weighted by atomic mass is 16.4. The minimum Gasteiger partial charge on any atom is -0.481 e. The summed E-state index contributed by atoms with van der Waals surface area (Å²) in [6.07, 6.45) is -12.6. The molecule has 0 unspecified atom stereocenters. The smallest absolute Gasteiger partial charge is 0.303 e. The van der Waals surface area contributed by atoms with Gasteiger partial charge in [-0.3, -0.25) is 62.3 Å². The number of carboxylic acid groups (broad SMARTS) is 9. The molecule has 0 aliphatic heterocycles. The van der Waals surface area contributed by atoms with E-state index in [2.05, 4.69) is 21.3 Å². The second-order valence-corrected chi connectivity index (χ2v) is 17.0. The van der Waals surface area contributed by atoms with Crippen molar-refractivity contribution in [1.29, 1.82) is 0 Å². The zero-order valence-electron chi connectivity index (χ0n) is 37.8. The second-order valence-electron chi connectivity index (χ2n) is 17.0. The normalized spacial score (nSPS) is 11.7. The summed E-state index contributed by atoms with van der Waals surface area (Å²) in [6.45, 7) is 1.03. The Morgan fingerprint density at radius 3 is 0.515 bits per heavy atom. The summed E-state index contributed by atoms with van der Waals surface area (Å²) < 4.78 is 0. The lowest BCUT2D eigenvalue weighted by molar-refractivity contribution is -0.141. The Labute approximate surface area is 389 Å². The topological polar surface area (TPSA) is 452 Å². The summed E-state index contributed by atoms with van der Waals surface area (Å²) in [5, 5.41) is 95.2. The zero-order chi connectivity index (χ0) is 52.3. The molecule has 26 nitrogen and oxygen atoms in total. The summed E-state index contributed by atoms with van der Waals surface area (Å²) in [4.78, 5) is 159. The molecule has 4 amide bonds. The number of carbonyl (C=O) groups excluding carboxylic acids is 4. The molecular formula is C42H64N4O22. The largest absolute Gasteiger partial charge is 0.481 e. The van der Waals surface area contributed by atoms with Crippen LogP contribution in [0.4, 0.5) is 0 Å². The van der Waals surface area contributed by atoms with Gasteiger partial charge in [0.2, 0.25) is 23.6 Å². The fourth-order valence-corrected chi connectivity index (χ4v) is 7.87. The number of carboxylic acids is 9. The van der Waals surface area contributed by atoms with E-state index in [0.29, 0.717) is 0 Å². The van der Waals surface area contributed by atoms with E-state index >= 15 is 0 Å². The Morgan fingerprint density at radius 1 is 0.250 bits per heavy atom. The summed E-state index contributed by atoms with van der Waals surface area (Å²) in [5.74, 6) is -15.7. The molecule has 26 heteroatoms. The van der Waals surface area contributed by atoms with Crippen LogP contribution in [0.15, 0.2) is 0 Å². The van der Waals surface area contributed by atoms with Crippen LogP contribution < -0.4 is 21.3 Å². The summed E-state index contributed by atoms with van der Waals surface area (Å²) in [7, 11) is 0. The maximum atomic E-state index is 13.8. The average molecular weight is 977 g/mol. The molecule has 0 rings (SSSR count). The van der Waals surface area contributed by atoms with E-state index in [9.17, 15) is 108 Å². The van der Waals surface area contributed by atoms with Crippen molar-refractivity contribution in [3.63, 3.8) is 0 Å². The third-order valence-corrected chi connectivity index (χ3v) is 11.5. The second kappa shape index (κ2) is 29.7. The van der Waals surface area contributed by atoms with Crippen molar-refractivity contribution in [2.75, 3.05) is 0 Å². The average Bonchev–Trinajstić information content (AvgIpc) is 3.22. The van der Waals surface area contributed by atoms with Crippen molar-refractivity contribution in [3.8, 4) is 0 Å². The molecule has 0 heterocycles. The van der Waals surface area contributed by atoms with Crippen molar-refractivity contribution < 1.29 is 108 Å². The number of amides is 4. The number of aliphatic carboxylic acids is 9. The van der Waals surface area contributed by atoms with Gasteiger partial charge in [-0.1, -0.05) is 0 Å². The van der Waals surface area contributed by atoms with Gasteiger partial charge in [0.25, 0.3) is 0 Å². The van der Waals surface area contributed by atoms with Crippen LogP contribution in [0.5, 0.6) is 0 Å². The Bertz CT molecular complexity index is 1520. The van der Waals surface area contributed by atoms with Crippen LogP contribution in [0, 0.1) is 0 Å². The lowest BCUT2D eigenvalue weighted by Gasteiger charge is -2.38. The van der Waals surface area contributed by atoms with Crippen molar-refractivity contribution in [2.45, 2.75) is 183 Å². The number of rotatable bonds is 40. The van der Waals surface area contributed by atoms with Crippen LogP contribution in [0.3, 0.4) is 0 Å². The molecule has 0 aliphatic carbocycles. The highest BCUT2D eigenvalue weighted by molar-refractivity contribution is 5.81. The highest BCUT2D eigenvalue weighted by Gasteiger charge is 2.40. The van der Waals surface area contributed by atoms with Gasteiger partial charge in [0.15, 0.2) is 0 Å². The first kappa shape index (κ1) is 61.1. The molecule has 0 atom stereocenters. The summed E-state index contributed by atoms with van der Waals surface area (Å²) in [5.41, 5.74) is -6.86. The molecule has 0 radical (unpaired) electrons. The van der Waals surface area contributed by atoms with Gasteiger partial charge in [-0.05, 0) is 77.0 Å².